The monoisotopic (exact) mass is 519 g/mol. The first kappa shape index (κ1) is 26.5. The molecule has 2 fully saturated rings. The van der Waals surface area contributed by atoms with Crippen molar-refractivity contribution < 1.29 is 11.0 Å². The molecule has 3 aliphatic carbocycles. The van der Waals surface area contributed by atoms with Gasteiger partial charge in [-0.2, -0.15) is 0 Å². The number of aromatic nitrogens is 2. The van der Waals surface area contributed by atoms with Gasteiger partial charge in [0.25, 0.3) is 0 Å². The summed E-state index contributed by atoms with van der Waals surface area (Å²) in [4.78, 5) is 23.6. The highest BCUT2D eigenvalue weighted by atomic mass is 16.5. The van der Waals surface area contributed by atoms with Crippen LogP contribution in [-0.2, 0) is 4.74 Å². The molecule has 205 valence electrons. The molecule has 0 bridgehead atoms. The van der Waals surface area contributed by atoms with Crippen LogP contribution in [0.1, 0.15) is 65.6 Å². The fraction of sp³-hybridized carbons (Fsp3) is 0.533. The first-order valence-corrected chi connectivity index (χ1v) is 14.1. The second-order valence-corrected chi connectivity index (χ2v) is 10.8. The molecule has 2 aliphatic heterocycles. The summed E-state index contributed by atoms with van der Waals surface area (Å²) in [7, 11) is 3.46. The number of ether oxygens (including phenoxy) is 1. The topological polar surface area (TPSA) is 82.6 Å². The Bertz CT molecular complexity index is 1170. The molecular weight excluding hydrogens is 476 g/mol. The number of allylic oxidation sites excluding steroid dienone is 4. The van der Waals surface area contributed by atoms with Crippen LogP contribution in [0.3, 0.4) is 0 Å². The van der Waals surface area contributed by atoms with Crippen molar-refractivity contribution in [2.24, 2.45) is 11.8 Å². The van der Waals surface area contributed by atoms with E-state index in [4.69, 9.17) is 14.7 Å². The molecule has 8 heteroatoms. The highest BCUT2D eigenvalue weighted by Gasteiger charge is 2.42. The molecule has 3 heterocycles. The number of amides is 1. The van der Waals surface area contributed by atoms with Gasteiger partial charge in [-0.1, -0.05) is 45.1 Å². The summed E-state index contributed by atoms with van der Waals surface area (Å²) in [5.41, 5.74) is 9.06. The Balaban J connectivity index is 0.00000115. The maximum Gasteiger partial charge on any atom is 0.409 e. The van der Waals surface area contributed by atoms with Crippen molar-refractivity contribution in [1.29, 1.82) is 0 Å². The zero-order chi connectivity index (χ0) is 26.8. The summed E-state index contributed by atoms with van der Waals surface area (Å²) in [5, 5.41) is 5.62. The molecule has 5 aliphatic rings. The van der Waals surface area contributed by atoms with Gasteiger partial charge in [0.1, 0.15) is 0 Å². The molecule has 1 radical (unpaired) electrons. The number of carbonyl (C=O) groups is 1. The van der Waals surface area contributed by atoms with Gasteiger partial charge in [-0.3, -0.25) is 0 Å². The SMILES string of the molecule is CC.COC(=O)N1CCC([C]2C=C2c2nc(NC3CCC(C)CC3)ncc2C2=CC3NN(C)C=C3C=C2)C1.[HH]. The third-order valence-electron chi connectivity index (χ3n) is 8.14. The lowest BCUT2D eigenvalue weighted by atomic mass is 9.87. The van der Waals surface area contributed by atoms with E-state index in [2.05, 4.69) is 48.2 Å². The maximum absolute atomic E-state index is 12.0. The van der Waals surface area contributed by atoms with Crippen molar-refractivity contribution in [2.45, 2.75) is 65.0 Å². The Kier molecular flexibility index (Phi) is 7.88. The highest BCUT2D eigenvalue weighted by molar-refractivity contribution is 5.97. The minimum Gasteiger partial charge on any atom is -0.453 e. The second kappa shape index (κ2) is 11.3. The van der Waals surface area contributed by atoms with Crippen molar-refractivity contribution in [3.05, 3.63) is 59.4 Å². The van der Waals surface area contributed by atoms with Crippen LogP contribution in [0.25, 0.3) is 11.1 Å². The lowest BCUT2D eigenvalue weighted by Crippen LogP contribution is -2.32. The number of fused-ring (bicyclic) bond motifs is 1. The number of nitrogens with zero attached hydrogens (tertiary/aromatic N) is 4. The van der Waals surface area contributed by atoms with Crippen molar-refractivity contribution in [3.8, 4) is 0 Å². The lowest BCUT2D eigenvalue weighted by Gasteiger charge is -2.27. The predicted octanol–water partition coefficient (Wildman–Crippen LogP) is 5.45. The Morgan fingerprint density at radius 3 is 2.74 bits per heavy atom. The Hall–Kier alpha value is -3.13. The van der Waals surface area contributed by atoms with Gasteiger partial charge in [0.05, 0.1) is 18.8 Å². The van der Waals surface area contributed by atoms with Crippen LogP contribution in [0.2, 0.25) is 0 Å². The van der Waals surface area contributed by atoms with Gasteiger partial charge in [-0.15, -0.1) is 0 Å². The van der Waals surface area contributed by atoms with Gasteiger partial charge >= 0.3 is 6.09 Å². The molecule has 0 spiro atoms. The number of hydrogen-bond donors (Lipinski definition) is 2. The number of nitrogens with one attached hydrogen (secondary N) is 2. The molecule has 6 rings (SSSR count). The average Bonchev–Trinajstić information content (AvgIpc) is 3.41. The van der Waals surface area contributed by atoms with Crippen LogP contribution < -0.4 is 10.7 Å². The molecule has 2 N–H and O–H groups in total. The zero-order valence-corrected chi connectivity index (χ0v) is 23.3. The fourth-order valence-electron chi connectivity index (χ4n) is 5.94. The first-order chi connectivity index (χ1) is 18.5. The van der Waals surface area contributed by atoms with E-state index in [1.54, 1.807) is 4.90 Å². The smallest absolute Gasteiger partial charge is 0.409 e. The molecule has 1 aromatic rings. The predicted molar refractivity (Wildman–Crippen MR) is 154 cm³/mol. The molecule has 1 saturated heterocycles. The number of hydrazine groups is 1. The number of rotatable bonds is 5. The second-order valence-electron chi connectivity index (χ2n) is 10.8. The van der Waals surface area contributed by atoms with Crippen LogP contribution in [-0.4, -0.2) is 65.3 Å². The molecule has 1 amide bonds. The summed E-state index contributed by atoms with van der Waals surface area (Å²) < 4.78 is 4.93. The molecule has 38 heavy (non-hydrogen) atoms. The van der Waals surface area contributed by atoms with E-state index in [1.165, 1.54) is 37.0 Å². The minimum absolute atomic E-state index is 0. The Morgan fingerprint density at radius 1 is 1.18 bits per heavy atom. The van der Waals surface area contributed by atoms with Crippen molar-refractivity contribution in [3.63, 3.8) is 0 Å². The van der Waals surface area contributed by atoms with Gasteiger partial charge in [-0.05, 0) is 60.7 Å². The molecule has 2 unspecified atom stereocenters. The van der Waals surface area contributed by atoms with Crippen LogP contribution in [0.4, 0.5) is 10.7 Å². The van der Waals surface area contributed by atoms with E-state index in [1.807, 2.05) is 32.1 Å². The van der Waals surface area contributed by atoms with E-state index < -0.39 is 0 Å². The minimum atomic E-state index is -0.244. The van der Waals surface area contributed by atoms with Gasteiger partial charge in [0, 0.05) is 51.5 Å². The number of likely N-dealkylation sites (tertiary alicyclic amines) is 1. The maximum atomic E-state index is 12.0. The van der Waals surface area contributed by atoms with Gasteiger partial charge < -0.3 is 20.0 Å². The van der Waals surface area contributed by atoms with E-state index >= 15 is 0 Å². The number of carbonyl (C=O) groups excluding carboxylic acids is 1. The van der Waals surface area contributed by atoms with E-state index in [-0.39, 0.29) is 13.6 Å². The standard InChI is InChI=1S/C28H35N6O2.C2H6.H2/c1-17-4-8-21(9-5-17)30-27-29-14-24(18-6-7-20-15-33(2)32-25(20)12-18)26(31-27)23-13-22(23)19-10-11-34(16-19)28(35)36-3;1-2;/h6-7,12-15,17,19,21,25,32H,4-5,8-11,16H2,1-3H3,(H,29,30,31);1-2H3;1H. The van der Waals surface area contributed by atoms with Crippen LogP contribution in [0, 0.1) is 17.8 Å². The van der Waals surface area contributed by atoms with E-state index in [0.717, 1.165) is 48.6 Å². The summed E-state index contributed by atoms with van der Waals surface area (Å²) in [6, 6.07) is 0.588. The van der Waals surface area contributed by atoms with Gasteiger partial charge in [-0.25, -0.2) is 20.2 Å². The number of anilines is 1. The third-order valence-corrected chi connectivity index (χ3v) is 8.14. The quantitative estimate of drug-likeness (QED) is 0.535. The Labute approximate surface area is 228 Å². The summed E-state index contributed by atoms with van der Waals surface area (Å²) >= 11 is 0. The fourth-order valence-corrected chi connectivity index (χ4v) is 5.94. The van der Waals surface area contributed by atoms with Crippen molar-refractivity contribution in [2.75, 3.05) is 32.6 Å². The molecular formula is C30H43N6O2. The van der Waals surface area contributed by atoms with Gasteiger partial charge in [0.2, 0.25) is 5.95 Å². The van der Waals surface area contributed by atoms with Crippen LogP contribution in [0.5, 0.6) is 0 Å². The van der Waals surface area contributed by atoms with Crippen LogP contribution >= 0.6 is 0 Å². The normalized spacial score (nSPS) is 28.1. The summed E-state index contributed by atoms with van der Waals surface area (Å²) in [6.45, 7) is 7.77. The van der Waals surface area contributed by atoms with Crippen LogP contribution in [0.15, 0.2) is 42.3 Å². The zero-order valence-electron chi connectivity index (χ0n) is 23.3. The molecule has 8 nitrogen and oxygen atoms in total. The Morgan fingerprint density at radius 2 is 1.97 bits per heavy atom. The van der Waals surface area contributed by atoms with Crippen molar-refractivity contribution >= 4 is 23.2 Å². The van der Waals surface area contributed by atoms with E-state index in [9.17, 15) is 4.79 Å². The first-order valence-electron chi connectivity index (χ1n) is 14.1. The summed E-state index contributed by atoms with van der Waals surface area (Å²) in [5.74, 6) is 3.15. The van der Waals surface area contributed by atoms with Crippen molar-refractivity contribution in [1.82, 2.24) is 25.3 Å². The molecule has 1 aromatic heterocycles. The highest BCUT2D eigenvalue weighted by Crippen LogP contribution is 2.50. The molecule has 0 aromatic carbocycles. The van der Waals surface area contributed by atoms with Gasteiger partial charge in [0.15, 0.2) is 0 Å². The molecule has 2 atom stereocenters. The average molecular weight is 520 g/mol. The molecule has 1 saturated carbocycles. The number of hydrogen-bond acceptors (Lipinski definition) is 7. The third kappa shape index (κ3) is 5.51. The van der Waals surface area contributed by atoms with E-state index in [0.29, 0.717) is 24.5 Å². The summed E-state index contributed by atoms with van der Waals surface area (Å²) in [6.07, 6.45) is 18.5. The largest absolute Gasteiger partial charge is 0.453 e. The number of methoxy groups -OCH3 is 1. The lowest BCUT2D eigenvalue weighted by molar-refractivity contribution is 0.132.